The highest BCUT2D eigenvalue weighted by atomic mass is 19.1. The zero-order valence-corrected chi connectivity index (χ0v) is 30.6. The van der Waals surface area contributed by atoms with Gasteiger partial charge in [-0.15, -0.1) is 0 Å². The van der Waals surface area contributed by atoms with Gasteiger partial charge in [0.15, 0.2) is 0 Å². The van der Waals surface area contributed by atoms with Gasteiger partial charge in [0.25, 0.3) is 5.69 Å². The average molecular weight is 742 g/mol. The van der Waals surface area contributed by atoms with E-state index in [9.17, 15) is 43.0 Å². The number of nitrogen functional groups attached to an aromatic ring is 1. The van der Waals surface area contributed by atoms with E-state index < -0.39 is 56.4 Å². The second kappa shape index (κ2) is 18.3. The number of halogens is 3. The number of hydrogen-bond acceptors (Lipinski definition) is 9. The summed E-state index contributed by atoms with van der Waals surface area (Å²) in [4.78, 5) is 46.2. The number of hydrogen-bond donors (Lipinski definition) is 1. The summed E-state index contributed by atoms with van der Waals surface area (Å²) in [6, 6.07) is 19.7. The first-order chi connectivity index (χ1) is 24.5. The van der Waals surface area contributed by atoms with Crippen molar-refractivity contribution >= 4 is 40.6 Å². The molecule has 284 valence electrons. The molecule has 0 radical (unpaired) electrons. The van der Waals surface area contributed by atoms with Crippen LogP contribution < -0.4 is 15.5 Å². The van der Waals surface area contributed by atoms with Gasteiger partial charge in [0.2, 0.25) is 5.82 Å². The number of carbonyl (C=O) groups is 2. The first kappa shape index (κ1) is 43.0. The second-order valence-corrected chi connectivity index (χ2v) is 13.4. The normalized spacial score (nSPS) is 10.8. The van der Waals surface area contributed by atoms with E-state index in [2.05, 4.69) is 0 Å². The van der Waals surface area contributed by atoms with Gasteiger partial charge in [-0.3, -0.25) is 30.0 Å². The first-order valence-electron chi connectivity index (χ1n) is 15.9. The van der Waals surface area contributed by atoms with Crippen molar-refractivity contribution < 1.29 is 42.1 Å². The topological polar surface area (TPSA) is 171 Å². The molecule has 0 saturated carbocycles. The number of carbonyl (C=O) groups excluding carboxylic acids is 2. The van der Waals surface area contributed by atoms with Crippen LogP contribution >= 0.6 is 0 Å². The zero-order chi connectivity index (χ0) is 40.3. The summed E-state index contributed by atoms with van der Waals surface area (Å²) < 4.78 is 48.5. The van der Waals surface area contributed by atoms with Gasteiger partial charge in [0, 0.05) is 43.1 Å². The number of benzene rings is 4. The predicted molar refractivity (Wildman–Crippen MR) is 195 cm³/mol. The highest BCUT2D eigenvalue weighted by molar-refractivity contribution is 5.88. The Balaban J connectivity index is 0.000000305. The molecular weight excluding hydrogens is 699 g/mol. The Kier molecular flexibility index (Phi) is 14.9. The van der Waals surface area contributed by atoms with Crippen molar-refractivity contribution in [3.8, 4) is 0 Å². The van der Waals surface area contributed by atoms with Gasteiger partial charge in [0.1, 0.15) is 22.8 Å². The third kappa shape index (κ3) is 14.5. The Morgan fingerprint density at radius 2 is 1.13 bits per heavy atom. The molecular formula is C37H42F3N5O8. The lowest BCUT2D eigenvalue weighted by Gasteiger charge is -2.25. The summed E-state index contributed by atoms with van der Waals surface area (Å²) in [6.07, 6.45) is -0.646. The van der Waals surface area contributed by atoms with Crippen molar-refractivity contribution in [3.05, 3.63) is 134 Å². The zero-order valence-electron chi connectivity index (χ0n) is 30.6. The number of rotatable bonds is 6. The highest BCUT2D eigenvalue weighted by Crippen LogP contribution is 2.25. The predicted octanol–water partition coefficient (Wildman–Crippen LogP) is 9.21. The van der Waals surface area contributed by atoms with Crippen LogP contribution in [0, 0.1) is 37.7 Å². The average Bonchev–Trinajstić information content (AvgIpc) is 3.05. The molecule has 0 spiro atoms. The van der Waals surface area contributed by atoms with E-state index in [4.69, 9.17) is 15.2 Å². The van der Waals surface area contributed by atoms with Crippen molar-refractivity contribution in [3.63, 3.8) is 0 Å². The van der Waals surface area contributed by atoms with Crippen LogP contribution in [0.1, 0.15) is 52.7 Å². The van der Waals surface area contributed by atoms with Crippen LogP contribution in [0.3, 0.4) is 0 Å². The maximum absolute atomic E-state index is 13.3. The largest absolute Gasteiger partial charge is 0.443 e. The number of ether oxygens (including phenoxy) is 2. The van der Waals surface area contributed by atoms with E-state index in [-0.39, 0.29) is 12.1 Å². The van der Waals surface area contributed by atoms with Gasteiger partial charge in [-0.25, -0.2) is 18.4 Å². The fraction of sp³-hybridized carbons (Fsp3) is 0.297. The van der Waals surface area contributed by atoms with Gasteiger partial charge >= 0.3 is 17.9 Å². The van der Waals surface area contributed by atoms with Gasteiger partial charge in [-0.1, -0.05) is 18.2 Å². The van der Waals surface area contributed by atoms with E-state index in [1.54, 1.807) is 83.4 Å². The van der Waals surface area contributed by atoms with Crippen molar-refractivity contribution in [1.29, 1.82) is 0 Å². The van der Waals surface area contributed by atoms with E-state index in [0.717, 1.165) is 17.7 Å². The summed E-state index contributed by atoms with van der Waals surface area (Å²) in [6.45, 7) is 10.8. The second-order valence-electron chi connectivity index (χ2n) is 13.4. The summed E-state index contributed by atoms with van der Waals surface area (Å²) in [5.74, 6) is -2.51. The SMILES string of the molecule is CN(C(=O)OC(C)(C)C)c1cccc(Cc2ccc(F)cc2[N+](=O)[O-])c1.CN(C(=O)OC(C)(C)C)c1cccc(N)c1.O=[N+]([O-])c1cc(F)ccc1F. The van der Waals surface area contributed by atoms with E-state index in [1.165, 1.54) is 21.9 Å². The molecule has 0 unspecified atom stereocenters. The number of amides is 2. The third-order valence-electron chi connectivity index (χ3n) is 6.63. The molecule has 0 fully saturated rings. The number of anilines is 3. The fourth-order valence-electron chi connectivity index (χ4n) is 4.18. The Morgan fingerprint density at radius 1 is 0.679 bits per heavy atom. The van der Waals surface area contributed by atoms with Crippen LogP contribution in [-0.2, 0) is 15.9 Å². The van der Waals surface area contributed by atoms with Crippen molar-refractivity contribution in [2.75, 3.05) is 29.6 Å². The summed E-state index contributed by atoms with van der Waals surface area (Å²) in [5.41, 5.74) is 6.51. The molecule has 0 bridgehead atoms. The van der Waals surface area contributed by atoms with Crippen molar-refractivity contribution in [2.24, 2.45) is 0 Å². The number of nitro benzene ring substituents is 2. The quantitative estimate of drug-likeness (QED) is 0.115. The summed E-state index contributed by atoms with van der Waals surface area (Å²) in [5, 5.41) is 21.1. The number of nitro groups is 2. The Labute approximate surface area is 305 Å². The smallest absolute Gasteiger partial charge is 0.414 e. The van der Waals surface area contributed by atoms with Gasteiger partial charge in [0.05, 0.1) is 22.0 Å². The van der Waals surface area contributed by atoms with Gasteiger partial charge in [-0.2, -0.15) is 4.39 Å². The monoisotopic (exact) mass is 741 g/mol. The van der Waals surface area contributed by atoms with Crippen LogP contribution in [0.25, 0.3) is 0 Å². The molecule has 4 rings (SSSR count). The molecule has 2 amide bonds. The van der Waals surface area contributed by atoms with E-state index in [0.29, 0.717) is 34.8 Å². The van der Waals surface area contributed by atoms with Crippen molar-refractivity contribution in [1.82, 2.24) is 0 Å². The van der Waals surface area contributed by atoms with Crippen LogP contribution in [0.5, 0.6) is 0 Å². The molecule has 4 aromatic rings. The molecule has 4 aromatic carbocycles. The first-order valence-corrected chi connectivity index (χ1v) is 15.9. The third-order valence-corrected chi connectivity index (χ3v) is 6.63. The molecule has 0 heterocycles. The highest BCUT2D eigenvalue weighted by Gasteiger charge is 2.22. The summed E-state index contributed by atoms with van der Waals surface area (Å²) >= 11 is 0. The standard InChI is InChI=1S/C19H21FN2O4.C12H18N2O2.C6H3F2NO2/c1-19(2,3)26-18(23)21(4)16-7-5-6-13(11-16)10-14-8-9-15(20)12-17(14)22(24)25;1-12(2,3)16-11(15)14(4)10-7-5-6-9(13)8-10;7-4-1-2-5(8)6(3-4)9(10)11/h5-9,11-12H,10H2,1-4H3;5-8H,13H2,1-4H3;1-3H. The van der Waals surface area contributed by atoms with E-state index in [1.807, 2.05) is 20.8 Å². The Morgan fingerprint density at radius 3 is 1.58 bits per heavy atom. The maximum atomic E-state index is 13.3. The van der Waals surface area contributed by atoms with Gasteiger partial charge < -0.3 is 15.2 Å². The minimum absolute atomic E-state index is 0.243. The number of nitrogens with zero attached hydrogens (tertiary/aromatic N) is 4. The summed E-state index contributed by atoms with van der Waals surface area (Å²) in [7, 11) is 3.25. The lowest BCUT2D eigenvalue weighted by Crippen LogP contribution is -2.34. The van der Waals surface area contributed by atoms with Crippen LogP contribution in [0.4, 0.5) is 51.2 Å². The van der Waals surface area contributed by atoms with Gasteiger partial charge in [-0.05, 0) is 102 Å². The van der Waals surface area contributed by atoms with Crippen LogP contribution in [0.2, 0.25) is 0 Å². The minimum Gasteiger partial charge on any atom is -0.443 e. The molecule has 2 N–H and O–H groups in total. The van der Waals surface area contributed by atoms with E-state index >= 15 is 0 Å². The molecule has 0 aliphatic carbocycles. The molecule has 0 aromatic heterocycles. The maximum Gasteiger partial charge on any atom is 0.414 e. The lowest BCUT2D eigenvalue weighted by molar-refractivity contribution is -0.387. The molecule has 0 saturated heterocycles. The fourth-order valence-corrected chi connectivity index (χ4v) is 4.18. The van der Waals surface area contributed by atoms with Crippen LogP contribution in [-0.4, -0.2) is 47.3 Å². The number of nitrogens with two attached hydrogens (primary N) is 1. The molecule has 16 heteroatoms. The van der Waals surface area contributed by atoms with Crippen molar-refractivity contribution in [2.45, 2.75) is 59.2 Å². The molecule has 53 heavy (non-hydrogen) atoms. The molecule has 0 aliphatic rings. The Hall–Kier alpha value is -6.19. The van der Waals surface area contributed by atoms with Crippen LogP contribution in [0.15, 0.2) is 84.9 Å². The molecule has 13 nitrogen and oxygen atoms in total. The molecule has 0 atom stereocenters. The molecule has 0 aliphatic heterocycles. The minimum atomic E-state index is -1.03. The Bertz CT molecular complexity index is 1930. The lowest BCUT2D eigenvalue weighted by atomic mass is 10.0.